The zero-order chi connectivity index (χ0) is 66.5. The summed E-state index contributed by atoms with van der Waals surface area (Å²) in [6.07, 6.45) is 35.4. The van der Waals surface area contributed by atoms with Gasteiger partial charge in [0.25, 0.3) is 0 Å². The molecule has 6 aliphatic heterocycles. The molecule has 14 aliphatic rings. The maximum Gasteiger partial charge on any atom is 0.0792 e. The van der Waals surface area contributed by atoms with Crippen molar-refractivity contribution in [1.29, 1.82) is 0 Å². The van der Waals surface area contributed by atoms with Crippen molar-refractivity contribution in [2.75, 3.05) is 59.9 Å². The number of rotatable bonds is 29. The first-order valence-electron chi connectivity index (χ1n) is 42.5. The molecule has 8 bridgehead atoms. The van der Waals surface area contributed by atoms with E-state index in [1.165, 1.54) is 89.9 Å². The van der Waals surface area contributed by atoms with Crippen LogP contribution in [0.5, 0.6) is 0 Å². The molecule has 8 aliphatic carbocycles. The minimum atomic E-state index is -0.108. The summed E-state index contributed by atoms with van der Waals surface area (Å²) in [6.45, 7) is 22.9. The third kappa shape index (κ3) is 14.9. The van der Waals surface area contributed by atoms with Gasteiger partial charge >= 0.3 is 0 Å². The Morgan fingerprint density at radius 2 is 0.495 bits per heavy atom. The third-order valence-corrected chi connectivity index (χ3v) is 29.1. The molecule has 0 aromatic rings. The number of methoxy groups -OCH3 is 1. The molecule has 0 radical (unpaired) electrons. The number of piperidine rings is 1. The lowest BCUT2D eigenvalue weighted by molar-refractivity contribution is -0.188. The summed E-state index contributed by atoms with van der Waals surface area (Å²) < 4.78 is 61.1. The molecule has 6 heterocycles. The van der Waals surface area contributed by atoms with E-state index in [0.29, 0.717) is 41.4 Å². The summed E-state index contributed by atoms with van der Waals surface area (Å²) in [6, 6.07) is 0.190. The summed E-state index contributed by atoms with van der Waals surface area (Å²) in [4.78, 5) is 0. The number of unbranched alkanes of at least 4 members (excludes halogenated alkanes) is 7. The van der Waals surface area contributed by atoms with Gasteiger partial charge in [-0.2, -0.15) is 0 Å². The fourth-order valence-corrected chi connectivity index (χ4v) is 24.9. The van der Waals surface area contributed by atoms with Crippen molar-refractivity contribution < 1.29 is 37.9 Å². The number of fused-ring (bicyclic) bond motifs is 25. The van der Waals surface area contributed by atoms with Crippen LogP contribution in [0.25, 0.3) is 0 Å². The molecule has 34 unspecified atom stereocenters. The van der Waals surface area contributed by atoms with E-state index in [0.717, 1.165) is 167 Å². The summed E-state index contributed by atoms with van der Waals surface area (Å²) in [5.41, 5.74) is 0. The van der Waals surface area contributed by atoms with Crippen molar-refractivity contribution in [1.82, 2.24) is 47.9 Å². The molecule has 6 saturated heterocycles. The van der Waals surface area contributed by atoms with Gasteiger partial charge in [0.1, 0.15) is 0 Å². The third-order valence-electron chi connectivity index (χ3n) is 29.1. The van der Waals surface area contributed by atoms with Gasteiger partial charge in [-0.1, -0.05) is 145 Å². The molecule has 0 aromatic heterocycles. The Balaban J connectivity index is 0.952. The van der Waals surface area contributed by atoms with Gasteiger partial charge in [-0.05, 0) is 150 Å². The lowest BCUT2D eigenvalue weighted by Gasteiger charge is -2.56. The fraction of sp³-hybridized carbons (Fsp3) is 1.00. The lowest BCUT2D eigenvalue weighted by Crippen LogP contribution is -2.67. The van der Waals surface area contributed by atoms with Gasteiger partial charge in [0.15, 0.2) is 0 Å². The lowest BCUT2D eigenvalue weighted by atomic mass is 9.54. The number of hydrogen-bond donors (Lipinski definition) is 9. The number of nitrogens with one attached hydrogen (secondary N) is 9. The predicted octanol–water partition coefficient (Wildman–Crippen LogP) is 11.5. The Labute approximate surface area is 588 Å². The minimum Gasteiger partial charge on any atom is -0.381 e. The second-order valence-corrected chi connectivity index (χ2v) is 34.4. The Morgan fingerprint density at radius 1 is 0.258 bits per heavy atom. The van der Waals surface area contributed by atoms with Gasteiger partial charge in [-0.15, -0.1) is 0 Å². The largest absolute Gasteiger partial charge is 0.381 e. The highest BCUT2D eigenvalue weighted by Gasteiger charge is 2.69. The standard InChI is InChI=1S/C80H143N9O8/c1-9-16-38-91-66-49-32-25-26-33-50(49)67(92-39-17-10-2)58-57(66)74-84-75-59-60(69(94-41-19-12-4)52-35-28-27-34-51(52)68(59)93-40-18-11-3)77(86-75)89-80-63-56(65(90-8)53-36-29-37-81-64(53)72(63)97-44-22-15-7)73(83-80)82-78-61-62(79(88-78)87-76(58)85-74)71(96-43-21-14-6)55-46-48-31-24-23-30-47(48)45-54(55)70(61)95-42-20-13-5/h47-89H,9-46H2,1-8H3. The summed E-state index contributed by atoms with van der Waals surface area (Å²) in [7, 11) is 2.04. The highest BCUT2D eigenvalue weighted by Crippen LogP contribution is 2.60. The molecule has 97 heavy (non-hydrogen) atoms. The monoisotopic (exact) mass is 1360 g/mol. The number of ether oxygens (including phenoxy) is 8. The van der Waals surface area contributed by atoms with Crippen LogP contribution in [0.3, 0.4) is 0 Å². The topological polar surface area (TPSA) is 182 Å². The molecule has 14 fully saturated rings. The van der Waals surface area contributed by atoms with Crippen LogP contribution in [0.15, 0.2) is 0 Å². The van der Waals surface area contributed by atoms with Crippen molar-refractivity contribution in [3.05, 3.63) is 0 Å². The Morgan fingerprint density at radius 3 is 0.773 bits per heavy atom. The normalized spacial score (nSPS) is 48.1. The highest BCUT2D eigenvalue weighted by atomic mass is 16.5. The van der Waals surface area contributed by atoms with Crippen LogP contribution in [0, 0.1) is 101 Å². The van der Waals surface area contributed by atoms with E-state index in [9.17, 15) is 0 Å². The zero-order valence-electron chi connectivity index (χ0n) is 62.3. The summed E-state index contributed by atoms with van der Waals surface area (Å²) >= 11 is 0. The van der Waals surface area contributed by atoms with Crippen LogP contribution in [-0.2, 0) is 37.9 Å². The van der Waals surface area contributed by atoms with Crippen molar-refractivity contribution in [3.63, 3.8) is 0 Å². The van der Waals surface area contributed by atoms with Crippen LogP contribution in [0.1, 0.15) is 241 Å². The van der Waals surface area contributed by atoms with E-state index in [-0.39, 0.29) is 152 Å². The molecular formula is C80H143N9O8. The molecule has 17 heteroatoms. The first-order chi connectivity index (χ1) is 47.9. The SMILES string of the molecule is CCCCOC1C2CCCCC2C(OCCCC)C2C3NC(NC4NC(NC5NC(NC6NC(N3)C3C(OCCCC)C7CCCCC7C(OCCCC)C63)C3C(OCCCC)C6NCCCC6C(OC)C53)C3C(OCCCC)C5CC6CCCCC6CC5C(OCCCC)C43)C12. The van der Waals surface area contributed by atoms with E-state index in [1.54, 1.807) is 0 Å². The molecule has 17 nitrogen and oxygen atoms in total. The van der Waals surface area contributed by atoms with Gasteiger partial charge in [-0.3, -0.25) is 42.5 Å². The van der Waals surface area contributed by atoms with E-state index < -0.39 is 0 Å². The van der Waals surface area contributed by atoms with Crippen molar-refractivity contribution >= 4 is 0 Å². The maximum atomic E-state index is 7.82. The van der Waals surface area contributed by atoms with Gasteiger partial charge in [-0.25, -0.2) is 0 Å². The Hall–Kier alpha value is -0.680. The van der Waals surface area contributed by atoms with Crippen molar-refractivity contribution in [2.24, 2.45) is 101 Å². The molecule has 0 spiro atoms. The van der Waals surface area contributed by atoms with Gasteiger partial charge in [0, 0.05) is 113 Å². The first-order valence-corrected chi connectivity index (χ1v) is 42.5. The van der Waals surface area contributed by atoms with Crippen molar-refractivity contribution in [3.8, 4) is 0 Å². The quantitative estimate of drug-likeness (QED) is 0.0322. The van der Waals surface area contributed by atoms with Gasteiger partial charge in [0.05, 0.1) is 98.2 Å². The average molecular weight is 1360 g/mol. The average Bonchev–Trinajstić information content (AvgIpc) is 1.59. The first kappa shape index (κ1) is 73.2. The van der Waals surface area contributed by atoms with E-state index in [1.807, 2.05) is 7.11 Å². The van der Waals surface area contributed by atoms with Gasteiger partial charge in [0.2, 0.25) is 0 Å². The molecule has 556 valence electrons. The van der Waals surface area contributed by atoms with Gasteiger partial charge < -0.3 is 43.2 Å². The minimum absolute atomic E-state index is 0.0136. The van der Waals surface area contributed by atoms with Crippen LogP contribution in [-0.4, -0.2) is 164 Å². The van der Waals surface area contributed by atoms with Crippen LogP contribution in [0.4, 0.5) is 0 Å². The fourth-order valence-electron chi connectivity index (χ4n) is 24.9. The smallest absolute Gasteiger partial charge is 0.0792 e. The molecule has 34 atom stereocenters. The summed E-state index contributed by atoms with van der Waals surface area (Å²) in [5.74, 6) is 5.57. The zero-order valence-corrected chi connectivity index (χ0v) is 62.3. The second-order valence-electron chi connectivity index (χ2n) is 34.4. The van der Waals surface area contributed by atoms with Crippen LogP contribution in [0.2, 0.25) is 0 Å². The summed E-state index contributed by atoms with van der Waals surface area (Å²) in [5, 5.41) is 41.6. The molecule has 14 rings (SSSR count). The number of hydrogen-bond acceptors (Lipinski definition) is 17. The Kier molecular flexibility index (Phi) is 26.2. The van der Waals surface area contributed by atoms with Crippen LogP contribution < -0.4 is 47.9 Å². The molecular weight excluding hydrogens is 1210 g/mol. The van der Waals surface area contributed by atoms with Crippen molar-refractivity contribution in [2.45, 2.75) is 345 Å². The molecule has 0 aromatic carbocycles. The van der Waals surface area contributed by atoms with E-state index in [4.69, 9.17) is 59.2 Å². The second kappa shape index (κ2) is 34.7. The maximum absolute atomic E-state index is 7.82. The molecule has 0 amide bonds. The van der Waals surface area contributed by atoms with E-state index >= 15 is 0 Å². The molecule has 9 N–H and O–H groups in total. The van der Waals surface area contributed by atoms with E-state index in [2.05, 4.69) is 75.1 Å². The Bertz CT molecular complexity index is 2370. The van der Waals surface area contributed by atoms with Crippen LogP contribution >= 0.6 is 0 Å². The highest BCUT2D eigenvalue weighted by molar-refractivity contribution is 5.20. The molecule has 8 saturated carbocycles. The predicted molar refractivity (Wildman–Crippen MR) is 384 cm³/mol.